The van der Waals surface area contributed by atoms with Crippen LogP contribution >= 0.6 is 0 Å². The smallest absolute Gasteiger partial charge is 0.228 e. The molecule has 0 N–H and O–H groups in total. The van der Waals surface area contributed by atoms with Crippen LogP contribution < -0.4 is 4.74 Å². The summed E-state index contributed by atoms with van der Waals surface area (Å²) in [6, 6.07) is 31.3. The van der Waals surface area contributed by atoms with Crippen LogP contribution in [0.1, 0.15) is 28.2 Å². The molecule has 0 bridgehead atoms. The average Bonchev–Trinajstić information content (AvgIpc) is 3.32. The number of rotatable bonds is 2. The lowest BCUT2D eigenvalue weighted by molar-refractivity contribution is 0.437. The number of ether oxygens (including phenoxy) is 1. The van der Waals surface area contributed by atoms with Gasteiger partial charge in [-0.1, -0.05) is 91.0 Å². The van der Waals surface area contributed by atoms with Gasteiger partial charge in [0.2, 0.25) is 5.88 Å². The highest BCUT2D eigenvalue weighted by Gasteiger charge is 2.34. The SMILES string of the molecule is Cc1ccccc1-c1nc2c3c(ncn2n1)Oc1c(ccc2ccccc12)C3c1ccccc1. The lowest BCUT2D eigenvalue weighted by Gasteiger charge is -2.28. The molecule has 0 radical (unpaired) electrons. The van der Waals surface area contributed by atoms with Crippen molar-refractivity contribution in [2.45, 2.75) is 12.8 Å². The minimum Gasteiger partial charge on any atom is -0.438 e. The molecule has 0 aliphatic carbocycles. The molecule has 0 amide bonds. The Balaban J connectivity index is 1.53. The Labute approximate surface area is 196 Å². The van der Waals surface area contributed by atoms with Gasteiger partial charge in [-0.05, 0) is 23.4 Å². The van der Waals surface area contributed by atoms with E-state index >= 15 is 0 Å². The van der Waals surface area contributed by atoms with Crippen molar-refractivity contribution in [1.82, 2.24) is 19.6 Å². The molecule has 2 aromatic heterocycles. The minimum absolute atomic E-state index is 0.0744. The fraction of sp³-hybridized carbons (Fsp3) is 0.0690. The van der Waals surface area contributed by atoms with Crippen LogP contribution in [0, 0.1) is 6.92 Å². The first-order valence-corrected chi connectivity index (χ1v) is 11.3. The highest BCUT2D eigenvalue weighted by molar-refractivity contribution is 5.91. The van der Waals surface area contributed by atoms with Gasteiger partial charge in [0, 0.05) is 22.4 Å². The maximum atomic E-state index is 6.50. The molecule has 0 saturated heterocycles. The first-order valence-electron chi connectivity index (χ1n) is 11.3. The zero-order valence-electron chi connectivity index (χ0n) is 18.5. The fourth-order valence-electron chi connectivity index (χ4n) is 4.98. The second-order valence-corrected chi connectivity index (χ2v) is 8.63. The summed E-state index contributed by atoms with van der Waals surface area (Å²) in [7, 11) is 0. The third kappa shape index (κ3) is 2.77. The van der Waals surface area contributed by atoms with Crippen LogP contribution in [-0.4, -0.2) is 19.6 Å². The summed E-state index contributed by atoms with van der Waals surface area (Å²) >= 11 is 0. The van der Waals surface area contributed by atoms with Crippen LogP contribution in [0.2, 0.25) is 0 Å². The van der Waals surface area contributed by atoms with Crippen LogP contribution in [0.5, 0.6) is 11.6 Å². The van der Waals surface area contributed by atoms with E-state index in [1.54, 1.807) is 10.8 Å². The summed E-state index contributed by atoms with van der Waals surface area (Å²) in [6.07, 6.45) is 1.70. The number of aromatic nitrogens is 4. The zero-order chi connectivity index (χ0) is 22.6. The Kier molecular flexibility index (Phi) is 4.05. The maximum Gasteiger partial charge on any atom is 0.228 e. The Bertz CT molecular complexity index is 1700. The lowest BCUT2D eigenvalue weighted by Crippen LogP contribution is -2.15. The van der Waals surface area contributed by atoms with Gasteiger partial charge < -0.3 is 4.74 Å². The molecule has 1 atom stereocenters. The van der Waals surface area contributed by atoms with Gasteiger partial charge in [0.1, 0.15) is 12.1 Å². The van der Waals surface area contributed by atoms with E-state index in [2.05, 4.69) is 67.6 Å². The molecule has 3 heterocycles. The molecule has 0 saturated carbocycles. The Morgan fingerprint density at radius 1 is 0.824 bits per heavy atom. The molecule has 1 aliphatic rings. The van der Waals surface area contributed by atoms with Gasteiger partial charge in [0.15, 0.2) is 11.5 Å². The molecular weight excluding hydrogens is 420 g/mol. The highest BCUT2D eigenvalue weighted by Crippen LogP contribution is 2.50. The van der Waals surface area contributed by atoms with Crippen LogP contribution in [0.25, 0.3) is 27.8 Å². The van der Waals surface area contributed by atoms with Crippen molar-refractivity contribution in [3.8, 4) is 23.0 Å². The third-order valence-electron chi connectivity index (χ3n) is 6.61. The van der Waals surface area contributed by atoms with E-state index in [4.69, 9.17) is 19.8 Å². The quantitative estimate of drug-likeness (QED) is 0.306. The summed E-state index contributed by atoms with van der Waals surface area (Å²) in [5.41, 5.74) is 6.11. The molecular formula is C29H20N4O. The predicted octanol–water partition coefficient (Wildman–Crippen LogP) is 6.54. The van der Waals surface area contributed by atoms with Crippen molar-refractivity contribution in [3.05, 3.63) is 120 Å². The number of hydrogen-bond donors (Lipinski definition) is 0. The predicted molar refractivity (Wildman–Crippen MR) is 132 cm³/mol. The molecule has 162 valence electrons. The molecule has 1 aliphatic heterocycles. The number of benzene rings is 4. The van der Waals surface area contributed by atoms with E-state index in [-0.39, 0.29) is 5.92 Å². The summed E-state index contributed by atoms with van der Waals surface area (Å²) < 4.78 is 8.27. The van der Waals surface area contributed by atoms with Gasteiger partial charge in [0.25, 0.3) is 0 Å². The molecule has 34 heavy (non-hydrogen) atoms. The third-order valence-corrected chi connectivity index (χ3v) is 6.61. The molecule has 6 aromatic rings. The largest absolute Gasteiger partial charge is 0.438 e. The van der Waals surface area contributed by atoms with Gasteiger partial charge in [-0.15, -0.1) is 5.10 Å². The summed E-state index contributed by atoms with van der Waals surface area (Å²) in [5.74, 6) is 2.04. The Morgan fingerprint density at radius 3 is 2.50 bits per heavy atom. The zero-order valence-corrected chi connectivity index (χ0v) is 18.5. The van der Waals surface area contributed by atoms with E-state index in [0.29, 0.717) is 11.7 Å². The molecule has 0 spiro atoms. The van der Waals surface area contributed by atoms with Crippen molar-refractivity contribution in [2.24, 2.45) is 0 Å². The number of aryl methyl sites for hydroxylation is 1. The Hall–Kier alpha value is -4.51. The minimum atomic E-state index is -0.0744. The first kappa shape index (κ1) is 19.0. The van der Waals surface area contributed by atoms with Crippen LogP contribution in [-0.2, 0) is 0 Å². The molecule has 7 rings (SSSR count). The number of fused-ring (bicyclic) bond motifs is 6. The van der Waals surface area contributed by atoms with Gasteiger partial charge >= 0.3 is 0 Å². The molecule has 5 nitrogen and oxygen atoms in total. The van der Waals surface area contributed by atoms with Gasteiger partial charge in [-0.2, -0.15) is 0 Å². The highest BCUT2D eigenvalue weighted by atomic mass is 16.5. The molecule has 1 unspecified atom stereocenters. The topological polar surface area (TPSA) is 52.3 Å². The summed E-state index contributed by atoms with van der Waals surface area (Å²) in [4.78, 5) is 9.70. The van der Waals surface area contributed by atoms with Crippen molar-refractivity contribution in [2.75, 3.05) is 0 Å². The van der Waals surface area contributed by atoms with E-state index in [0.717, 1.165) is 44.4 Å². The van der Waals surface area contributed by atoms with E-state index in [1.807, 2.05) is 30.3 Å². The van der Waals surface area contributed by atoms with Crippen molar-refractivity contribution in [1.29, 1.82) is 0 Å². The monoisotopic (exact) mass is 440 g/mol. The summed E-state index contributed by atoms with van der Waals surface area (Å²) in [6.45, 7) is 2.08. The normalized spacial score (nSPS) is 14.6. The van der Waals surface area contributed by atoms with Crippen molar-refractivity contribution >= 4 is 16.4 Å². The maximum absolute atomic E-state index is 6.50. The lowest BCUT2D eigenvalue weighted by atomic mass is 9.83. The Morgan fingerprint density at radius 2 is 1.62 bits per heavy atom. The fourth-order valence-corrected chi connectivity index (χ4v) is 4.98. The molecule has 5 heteroatoms. The molecule has 4 aromatic carbocycles. The van der Waals surface area contributed by atoms with Crippen molar-refractivity contribution < 1.29 is 4.74 Å². The number of nitrogens with zero attached hydrogens (tertiary/aromatic N) is 4. The van der Waals surface area contributed by atoms with Crippen LogP contribution in [0.15, 0.2) is 97.3 Å². The standard InChI is InChI=1S/C29H20N4O/c1-18-9-5-7-13-21(18)27-31-28-25-24(20-11-3-2-4-12-20)23-16-15-19-10-6-8-14-22(19)26(23)34-29(25)30-17-33(28)32-27/h2-17,24H,1H3. The van der Waals surface area contributed by atoms with Gasteiger partial charge in [-0.3, -0.25) is 0 Å². The molecule has 0 fully saturated rings. The second kappa shape index (κ2) is 7.25. The number of hydrogen-bond acceptors (Lipinski definition) is 4. The van der Waals surface area contributed by atoms with E-state index in [9.17, 15) is 0 Å². The average molecular weight is 441 g/mol. The summed E-state index contributed by atoms with van der Waals surface area (Å²) in [5, 5.41) is 6.99. The second-order valence-electron chi connectivity index (χ2n) is 8.63. The van der Waals surface area contributed by atoms with E-state index in [1.165, 1.54) is 5.56 Å². The first-order chi connectivity index (χ1) is 16.8. The van der Waals surface area contributed by atoms with Gasteiger partial charge in [0.05, 0.1) is 5.56 Å². The van der Waals surface area contributed by atoms with Gasteiger partial charge in [-0.25, -0.2) is 14.5 Å². The van der Waals surface area contributed by atoms with Crippen molar-refractivity contribution in [3.63, 3.8) is 0 Å². The van der Waals surface area contributed by atoms with Crippen LogP contribution in [0.3, 0.4) is 0 Å². The van der Waals surface area contributed by atoms with Crippen LogP contribution in [0.4, 0.5) is 0 Å². The van der Waals surface area contributed by atoms with E-state index < -0.39 is 0 Å².